The third-order valence-electron chi connectivity index (χ3n) is 5.11. The van der Waals surface area contributed by atoms with E-state index in [4.69, 9.17) is 4.98 Å². The lowest BCUT2D eigenvalue weighted by Crippen LogP contribution is -2.22. The Morgan fingerprint density at radius 2 is 2.09 bits per heavy atom. The molecule has 118 valence electrons. The molecule has 1 saturated carbocycles. The molecule has 1 saturated heterocycles. The van der Waals surface area contributed by atoms with Crippen LogP contribution in [0.1, 0.15) is 66.7 Å². The zero-order valence-corrected chi connectivity index (χ0v) is 14.1. The Bertz CT molecular complexity index is 626. The first-order chi connectivity index (χ1) is 10.8. The molecule has 1 aliphatic carbocycles. The zero-order chi connectivity index (χ0) is 14.9. The normalized spacial score (nSPS) is 23.6. The highest BCUT2D eigenvalue weighted by Crippen LogP contribution is 2.37. The maximum atomic E-state index is 4.95. The van der Waals surface area contributed by atoms with Gasteiger partial charge in [-0.05, 0) is 32.2 Å². The van der Waals surface area contributed by atoms with Crippen LogP contribution in [-0.2, 0) is 13.6 Å². The SMILES string of the molecule is Cn1cc([C@H]2CCCN2Cc2csc(C3CCCC3)n2)cn1. The van der Waals surface area contributed by atoms with Crippen molar-refractivity contribution in [3.05, 3.63) is 34.0 Å². The Labute approximate surface area is 136 Å². The minimum Gasteiger partial charge on any atom is -0.290 e. The van der Waals surface area contributed by atoms with E-state index in [-0.39, 0.29) is 0 Å². The van der Waals surface area contributed by atoms with Gasteiger partial charge in [0.1, 0.15) is 0 Å². The summed E-state index contributed by atoms with van der Waals surface area (Å²) in [6, 6.07) is 0.519. The molecule has 5 heteroatoms. The summed E-state index contributed by atoms with van der Waals surface area (Å²) in [6.45, 7) is 2.17. The van der Waals surface area contributed by atoms with Gasteiger partial charge in [0.05, 0.1) is 16.9 Å². The molecular weight excluding hydrogens is 292 g/mol. The lowest BCUT2D eigenvalue weighted by Gasteiger charge is -2.22. The summed E-state index contributed by atoms with van der Waals surface area (Å²) in [7, 11) is 2.00. The smallest absolute Gasteiger partial charge is 0.0959 e. The number of hydrogen-bond acceptors (Lipinski definition) is 4. The van der Waals surface area contributed by atoms with Gasteiger partial charge in [-0.15, -0.1) is 11.3 Å². The molecule has 1 aliphatic heterocycles. The third-order valence-corrected chi connectivity index (χ3v) is 6.17. The minimum absolute atomic E-state index is 0.519. The number of likely N-dealkylation sites (tertiary alicyclic amines) is 1. The van der Waals surface area contributed by atoms with Crippen molar-refractivity contribution in [2.75, 3.05) is 6.54 Å². The summed E-state index contributed by atoms with van der Waals surface area (Å²) in [5.74, 6) is 0.742. The number of thiazole rings is 1. The Kier molecular flexibility index (Phi) is 4.01. The van der Waals surface area contributed by atoms with E-state index in [0.717, 1.165) is 12.5 Å². The summed E-state index contributed by atoms with van der Waals surface area (Å²) in [5.41, 5.74) is 2.62. The van der Waals surface area contributed by atoms with Crippen molar-refractivity contribution in [1.29, 1.82) is 0 Å². The summed E-state index contributed by atoms with van der Waals surface area (Å²) in [6.07, 6.45) is 12.2. The van der Waals surface area contributed by atoms with Crippen LogP contribution in [-0.4, -0.2) is 26.2 Å². The average Bonchev–Trinajstić information content (AvgIpc) is 3.26. The van der Waals surface area contributed by atoms with Crippen molar-refractivity contribution in [2.24, 2.45) is 7.05 Å². The topological polar surface area (TPSA) is 34.0 Å². The highest BCUT2D eigenvalue weighted by atomic mass is 32.1. The standard InChI is InChI=1S/C17H24N4S/c1-20-10-14(9-18-20)16-7-4-8-21(16)11-15-12-22-17(19-15)13-5-2-3-6-13/h9-10,12-13,16H,2-8,11H2,1H3/t16-/m1/s1. The minimum atomic E-state index is 0.519. The van der Waals surface area contributed by atoms with Gasteiger partial charge in [-0.1, -0.05) is 12.8 Å². The Balaban J connectivity index is 1.45. The van der Waals surface area contributed by atoms with Gasteiger partial charge in [0.25, 0.3) is 0 Å². The van der Waals surface area contributed by atoms with E-state index < -0.39 is 0 Å². The fourth-order valence-corrected chi connectivity index (χ4v) is 4.95. The molecule has 0 unspecified atom stereocenters. The number of aryl methyl sites for hydroxylation is 1. The average molecular weight is 316 g/mol. The van der Waals surface area contributed by atoms with E-state index in [9.17, 15) is 0 Å². The van der Waals surface area contributed by atoms with Gasteiger partial charge in [-0.25, -0.2) is 4.98 Å². The second-order valence-electron chi connectivity index (χ2n) is 6.73. The van der Waals surface area contributed by atoms with Crippen LogP contribution in [0.5, 0.6) is 0 Å². The summed E-state index contributed by atoms with van der Waals surface area (Å²) in [5, 5.41) is 8.00. The molecule has 4 rings (SSSR count). The Morgan fingerprint density at radius 3 is 2.86 bits per heavy atom. The number of aromatic nitrogens is 3. The molecule has 2 aromatic heterocycles. The van der Waals surface area contributed by atoms with Gasteiger partial charge >= 0.3 is 0 Å². The van der Waals surface area contributed by atoms with Crippen LogP contribution >= 0.6 is 11.3 Å². The Morgan fingerprint density at radius 1 is 1.23 bits per heavy atom. The molecule has 22 heavy (non-hydrogen) atoms. The molecule has 3 heterocycles. The Hall–Kier alpha value is -1.20. The maximum absolute atomic E-state index is 4.95. The first-order valence-corrected chi connectivity index (χ1v) is 9.34. The first kappa shape index (κ1) is 14.4. The lowest BCUT2D eigenvalue weighted by molar-refractivity contribution is 0.246. The highest BCUT2D eigenvalue weighted by Gasteiger charge is 2.28. The number of hydrogen-bond donors (Lipinski definition) is 0. The van der Waals surface area contributed by atoms with Gasteiger partial charge in [0.15, 0.2) is 0 Å². The molecule has 0 bridgehead atoms. The van der Waals surface area contributed by atoms with E-state index in [1.165, 1.54) is 61.3 Å². The van der Waals surface area contributed by atoms with E-state index in [0.29, 0.717) is 6.04 Å². The van der Waals surface area contributed by atoms with Crippen LogP contribution in [0.4, 0.5) is 0 Å². The molecule has 0 spiro atoms. The highest BCUT2D eigenvalue weighted by molar-refractivity contribution is 7.09. The fourth-order valence-electron chi connectivity index (χ4n) is 3.97. The largest absolute Gasteiger partial charge is 0.290 e. The summed E-state index contributed by atoms with van der Waals surface area (Å²) in [4.78, 5) is 7.52. The molecule has 2 fully saturated rings. The van der Waals surface area contributed by atoms with Crippen molar-refractivity contribution >= 4 is 11.3 Å². The summed E-state index contributed by atoms with van der Waals surface area (Å²) < 4.78 is 1.91. The molecule has 2 aliphatic rings. The van der Waals surface area contributed by atoms with Crippen molar-refractivity contribution in [1.82, 2.24) is 19.7 Å². The van der Waals surface area contributed by atoms with Crippen molar-refractivity contribution < 1.29 is 0 Å². The van der Waals surface area contributed by atoms with E-state index in [2.05, 4.69) is 21.6 Å². The van der Waals surface area contributed by atoms with E-state index in [1.54, 1.807) is 0 Å². The molecule has 0 N–H and O–H groups in total. The van der Waals surface area contributed by atoms with Crippen LogP contribution in [0, 0.1) is 0 Å². The predicted octanol–water partition coefficient (Wildman–Crippen LogP) is 3.87. The van der Waals surface area contributed by atoms with Gasteiger partial charge in [-0.2, -0.15) is 5.10 Å². The van der Waals surface area contributed by atoms with Crippen LogP contribution in [0.2, 0.25) is 0 Å². The maximum Gasteiger partial charge on any atom is 0.0959 e. The molecular formula is C17H24N4S. The molecule has 0 radical (unpaired) electrons. The monoisotopic (exact) mass is 316 g/mol. The van der Waals surface area contributed by atoms with E-state index >= 15 is 0 Å². The van der Waals surface area contributed by atoms with E-state index in [1.807, 2.05) is 29.3 Å². The molecule has 1 atom stereocenters. The number of rotatable bonds is 4. The fraction of sp³-hybridized carbons (Fsp3) is 0.647. The van der Waals surface area contributed by atoms with Crippen molar-refractivity contribution in [2.45, 2.75) is 57.0 Å². The second-order valence-corrected chi connectivity index (χ2v) is 7.62. The van der Waals surface area contributed by atoms with Gasteiger partial charge < -0.3 is 0 Å². The van der Waals surface area contributed by atoms with Crippen LogP contribution in [0.3, 0.4) is 0 Å². The molecule has 4 nitrogen and oxygen atoms in total. The van der Waals surface area contributed by atoms with Crippen LogP contribution in [0.15, 0.2) is 17.8 Å². The van der Waals surface area contributed by atoms with Gasteiger partial charge in [0.2, 0.25) is 0 Å². The molecule has 0 aromatic carbocycles. The summed E-state index contributed by atoms with van der Waals surface area (Å²) >= 11 is 1.88. The lowest BCUT2D eigenvalue weighted by atomic mass is 10.1. The zero-order valence-electron chi connectivity index (χ0n) is 13.2. The third kappa shape index (κ3) is 2.84. The number of nitrogens with zero attached hydrogens (tertiary/aromatic N) is 4. The van der Waals surface area contributed by atoms with Crippen LogP contribution < -0.4 is 0 Å². The van der Waals surface area contributed by atoms with Gasteiger partial charge in [-0.3, -0.25) is 9.58 Å². The quantitative estimate of drug-likeness (QED) is 0.858. The van der Waals surface area contributed by atoms with Crippen LogP contribution in [0.25, 0.3) is 0 Å². The second kappa shape index (κ2) is 6.13. The predicted molar refractivity (Wildman–Crippen MR) is 88.9 cm³/mol. The first-order valence-electron chi connectivity index (χ1n) is 8.46. The van der Waals surface area contributed by atoms with Gasteiger partial charge in [0, 0.05) is 42.7 Å². The molecule has 2 aromatic rings. The molecule has 0 amide bonds. The van der Waals surface area contributed by atoms with Crippen molar-refractivity contribution in [3.8, 4) is 0 Å². The van der Waals surface area contributed by atoms with Crippen molar-refractivity contribution in [3.63, 3.8) is 0 Å².